The monoisotopic (exact) mass is 237 g/mol. The molecule has 0 spiro atoms. The van der Waals surface area contributed by atoms with Crippen LogP contribution in [-0.4, -0.2) is 27.5 Å². The fourth-order valence-electron chi connectivity index (χ4n) is 2.52. The van der Waals surface area contributed by atoms with Gasteiger partial charge < -0.3 is 10.4 Å². The van der Waals surface area contributed by atoms with Gasteiger partial charge in [0.05, 0.1) is 6.20 Å². The second-order valence-electron chi connectivity index (χ2n) is 5.23. The summed E-state index contributed by atoms with van der Waals surface area (Å²) in [7, 11) is 2.01. The van der Waals surface area contributed by atoms with E-state index in [1.165, 1.54) is 24.1 Å². The lowest BCUT2D eigenvalue weighted by molar-refractivity contribution is 0.198. The fraction of sp³-hybridized carbons (Fsp3) is 0.769. The van der Waals surface area contributed by atoms with Gasteiger partial charge in [0.15, 0.2) is 0 Å². The van der Waals surface area contributed by atoms with Crippen LogP contribution in [0, 0.1) is 5.92 Å². The highest BCUT2D eigenvalue weighted by Gasteiger charge is 2.25. The van der Waals surface area contributed by atoms with Crippen molar-refractivity contribution < 1.29 is 5.11 Å². The van der Waals surface area contributed by atoms with Crippen molar-refractivity contribution in [3.05, 3.63) is 17.5 Å². The summed E-state index contributed by atoms with van der Waals surface area (Å²) in [4.78, 5) is 0. The number of aliphatic hydroxyl groups excluding tert-OH is 1. The van der Waals surface area contributed by atoms with Crippen LogP contribution in [0.1, 0.15) is 44.0 Å². The Morgan fingerprint density at radius 1 is 1.59 bits per heavy atom. The fourth-order valence-corrected chi connectivity index (χ4v) is 2.52. The molecule has 0 bridgehead atoms. The second-order valence-corrected chi connectivity index (χ2v) is 5.23. The number of hydrogen-bond acceptors (Lipinski definition) is 3. The van der Waals surface area contributed by atoms with E-state index in [-0.39, 0.29) is 12.5 Å². The van der Waals surface area contributed by atoms with Crippen LogP contribution in [-0.2, 0) is 13.5 Å². The number of fused-ring (bicyclic) bond motifs is 1. The molecule has 96 valence electrons. The summed E-state index contributed by atoms with van der Waals surface area (Å²) in [6, 6.07) is 0.729. The van der Waals surface area contributed by atoms with E-state index in [1.54, 1.807) is 0 Å². The van der Waals surface area contributed by atoms with Gasteiger partial charge in [0.1, 0.15) is 0 Å². The van der Waals surface area contributed by atoms with Crippen molar-refractivity contribution in [2.75, 3.05) is 6.61 Å². The topological polar surface area (TPSA) is 50.1 Å². The molecule has 17 heavy (non-hydrogen) atoms. The third kappa shape index (κ3) is 2.53. The molecule has 2 N–H and O–H groups in total. The summed E-state index contributed by atoms with van der Waals surface area (Å²) in [6.07, 6.45) is 5.50. The first-order valence-electron chi connectivity index (χ1n) is 6.51. The molecule has 0 amide bonds. The zero-order valence-corrected chi connectivity index (χ0v) is 11.0. The highest BCUT2D eigenvalue weighted by atomic mass is 16.3. The lowest BCUT2D eigenvalue weighted by Crippen LogP contribution is -2.38. The average Bonchev–Trinajstić information content (AvgIpc) is 2.71. The molecular weight excluding hydrogens is 214 g/mol. The predicted octanol–water partition coefficient (Wildman–Crippen LogP) is 1.40. The summed E-state index contributed by atoms with van der Waals surface area (Å²) in [5.74, 6) is 0.289. The van der Waals surface area contributed by atoms with Gasteiger partial charge in [-0.1, -0.05) is 6.92 Å². The van der Waals surface area contributed by atoms with Gasteiger partial charge in [0, 0.05) is 37.0 Å². The standard InChI is InChI=1S/C13H23N3O/c1-9(8-17)10(2)15-12-5-4-6-13-11(12)7-14-16(13)3/h7,9-10,12,15,17H,4-6,8H2,1-3H3. The number of rotatable bonds is 4. The van der Waals surface area contributed by atoms with Gasteiger partial charge in [0.2, 0.25) is 0 Å². The van der Waals surface area contributed by atoms with E-state index in [2.05, 4.69) is 24.3 Å². The van der Waals surface area contributed by atoms with Crippen molar-refractivity contribution in [1.82, 2.24) is 15.1 Å². The Bertz CT molecular complexity index is 375. The van der Waals surface area contributed by atoms with Crippen molar-refractivity contribution in [3.63, 3.8) is 0 Å². The smallest absolute Gasteiger partial charge is 0.0540 e. The minimum absolute atomic E-state index is 0.237. The number of nitrogens with one attached hydrogen (secondary N) is 1. The van der Waals surface area contributed by atoms with Crippen molar-refractivity contribution in [1.29, 1.82) is 0 Å². The molecule has 4 heteroatoms. The highest BCUT2D eigenvalue weighted by Crippen LogP contribution is 2.29. The zero-order valence-electron chi connectivity index (χ0n) is 11.0. The van der Waals surface area contributed by atoms with Crippen molar-refractivity contribution in [3.8, 4) is 0 Å². The largest absolute Gasteiger partial charge is 0.396 e. The predicted molar refractivity (Wildman–Crippen MR) is 67.7 cm³/mol. The molecule has 1 heterocycles. The maximum Gasteiger partial charge on any atom is 0.0540 e. The van der Waals surface area contributed by atoms with Crippen LogP contribution in [0.5, 0.6) is 0 Å². The van der Waals surface area contributed by atoms with Gasteiger partial charge in [-0.25, -0.2) is 0 Å². The molecule has 0 aromatic carbocycles. The van der Waals surface area contributed by atoms with Gasteiger partial charge in [-0.05, 0) is 32.1 Å². The summed E-state index contributed by atoms with van der Waals surface area (Å²) < 4.78 is 1.99. The minimum atomic E-state index is 0.237. The van der Waals surface area contributed by atoms with E-state index in [0.29, 0.717) is 12.1 Å². The zero-order chi connectivity index (χ0) is 12.4. The van der Waals surface area contributed by atoms with Crippen LogP contribution in [0.3, 0.4) is 0 Å². The maximum atomic E-state index is 9.18. The van der Waals surface area contributed by atoms with E-state index in [4.69, 9.17) is 0 Å². The number of nitrogens with zero attached hydrogens (tertiary/aromatic N) is 2. The lowest BCUT2D eigenvalue weighted by atomic mass is 9.91. The molecule has 3 unspecified atom stereocenters. The van der Waals surface area contributed by atoms with Gasteiger partial charge in [0.25, 0.3) is 0 Å². The molecule has 0 fully saturated rings. The van der Waals surface area contributed by atoms with Crippen LogP contribution in [0.15, 0.2) is 6.20 Å². The highest BCUT2D eigenvalue weighted by molar-refractivity contribution is 5.24. The second kappa shape index (κ2) is 5.19. The molecule has 0 aliphatic heterocycles. The molecule has 0 saturated carbocycles. The van der Waals surface area contributed by atoms with E-state index in [1.807, 2.05) is 17.9 Å². The van der Waals surface area contributed by atoms with Crippen LogP contribution in [0.4, 0.5) is 0 Å². The minimum Gasteiger partial charge on any atom is -0.396 e. The van der Waals surface area contributed by atoms with Crippen molar-refractivity contribution in [2.45, 2.75) is 45.2 Å². The normalized spacial score (nSPS) is 23.2. The van der Waals surface area contributed by atoms with E-state index >= 15 is 0 Å². The first-order valence-corrected chi connectivity index (χ1v) is 6.51. The van der Waals surface area contributed by atoms with Crippen LogP contribution >= 0.6 is 0 Å². The summed E-state index contributed by atoms with van der Waals surface area (Å²) in [5, 5.41) is 17.2. The van der Waals surface area contributed by atoms with Gasteiger partial charge in [-0.2, -0.15) is 5.10 Å². The first kappa shape index (κ1) is 12.6. The van der Waals surface area contributed by atoms with Gasteiger partial charge in [-0.3, -0.25) is 4.68 Å². The van der Waals surface area contributed by atoms with E-state index < -0.39 is 0 Å². The van der Waals surface area contributed by atoms with Crippen molar-refractivity contribution in [2.24, 2.45) is 13.0 Å². The Morgan fingerprint density at radius 2 is 2.35 bits per heavy atom. The Kier molecular flexibility index (Phi) is 3.84. The van der Waals surface area contributed by atoms with Crippen LogP contribution < -0.4 is 5.32 Å². The molecule has 1 aromatic heterocycles. The summed E-state index contributed by atoms with van der Waals surface area (Å²) >= 11 is 0. The molecule has 1 aliphatic carbocycles. The SMILES string of the molecule is CC(CO)C(C)NC1CCCc2c1cnn2C. The molecule has 1 aliphatic rings. The first-order chi connectivity index (χ1) is 8.13. The van der Waals surface area contributed by atoms with Gasteiger partial charge >= 0.3 is 0 Å². The number of aliphatic hydroxyl groups is 1. The Labute approximate surface area is 103 Å². The molecule has 1 aromatic rings. The number of aromatic nitrogens is 2. The maximum absolute atomic E-state index is 9.18. The molecule has 0 saturated heterocycles. The molecule has 2 rings (SSSR count). The Morgan fingerprint density at radius 3 is 3.06 bits per heavy atom. The van der Waals surface area contributed by atoms with Gasteiger partial charge in [-0.15, -0.1) is 0 Å². The Hall–Kier alpha value is -0.870. The molecule has 3 atom stereocenters. The number of aryl methyl sites for hydroxylation is 1. The van der Waals surface area contributed by atoms with Crippen LogP contribution in [0.2, 0.25) is 0 Å². The van der Waals surface area contributed by atoms with Crippen LogP contribution in [0.25, 0.3) is 0 Å². The third-order valence-electron chi connectivity index (χ3n) is 3.98. The molecule has 4 nitrogen and oxygen atoms in total. The molecule has 0 radical (unpaired) electrons. The molecular formula is C13H23N3O. The lowest BCUT2D eigenvalue weighted by Gasteiger charge is -2.29. The van der Waals surface area contributed by atoms with E-state index in [0.717, 1.165) is 6.42 Å². The Balaban J connectivity index is 2.08. The quantitative estimate of drug-likeness (QED) is 0.832. The number of hydrogen-bond donors (Lipinski definition) is 2. The third-order valence-corrected chi connectivity index (χ3v) is 3.98. The average molecular weight is 237 g/mol. The van der Waals surface area contributed by atoms with Crippen molar-refractivity contribution >= 4 is 0 Å². The summed E-state index contributed by atoms with van der Waals surface area (Å²) in [6.45, 7) is 4.46. The van der Waals surface area contributed by atoms with E-state index in [9.17, 15) is 5.11 Å². The summed E-state index contributed by atoms with van der Waals surface area (Å²) in [5.41, 5.74) is 2.70.